The predicted octanol–water partition coefficient (Wildman–Crippen LogP) is 6.72. The molecule has 0 amide bonds. The van der Waals surface area contributed by atoms with E-state index in [1.54, 1.807) is 0 Å². The van der Waals surface area contributed by atoms with Crippen molar-refractivity contribution in [3.63, 3.8) is 0 Å². The van der Waals surface area contributed by atoms with Gasteiger partial charge in [0.1, 0.15) is 24.2 Å². The third-order valence-electron chi connectivity index (χ3n) is 6.79. The molecular weight excluding hydrogens is 502 g/mol. The number of esters is 1. The van der Waals surface area contributed by atoms with Crippen molar-refractivity contribution in [1.29, 1.82) is 0 Å². The number of carbonyl (C=O) groups is 1. The van der Waals surface area contributed by atoms with E-state index in [1.807, 2.05) is 77.2 Å². The summed E-state index contributed by atoms with van der Waals surface area (Å²) in [5.41, 5.74) is 5.03. The first-order valence-corrected chi connectivity index (χ1v) is 14.0. The van der Waals surface area contributed by atoms with E-state index in [1.165, 1.54) is 5.57 Å². The van der Waals surface area contributed by atoms with Gasteiger partial charge >= 0.3 is 5.97 Å². The molecular formula is C34H43NO5. The van der Waals surface area contributed by atoms with E-state index in [-0.39, 0.29) is 25.4 Å². The number of hydrogen-bond acceptors (Lipinski definition) is 6. The maximum atomic E-state index is 12.0. The molecule has 2 unspecified atom stereocenters. The second-order valence-electron chi connectivity index (χ2n) is 10.7. The Balaban J connectivity index is 1.86. The molecule has 6 heteroatoms. The third kappa shape index (κ3) is 8.44. The van der Waals surface area contributed by atoms with Crippen LogP contribution in [0.3, 0.4) is 0 Å². The summed E-state index contributed by atoms with van der Waals surface area (Å²) >= 11 is 0. The first-order chi connectivity index (χ1) is 19.2. The molecule has 3 aromatic carbocycles. The van der Waals surface area contributed by atoms with E-state index in [4.69, 9.17) is 14.2 Å². The molecule has 6 nitrogen and oxygen atoms in total. The summed E-state index contributed by atoms with van der Waals surface area (Å²) in [6, 6.07) is 26.2. The van der Waals surface area contributed by atoms with Gasteiger partial charge in [-0.25, -0.2) is 0 Å². The summed E-state index contributed by atoms with van der Waals surface area (Å²) in [6.45, 7) is 9.71. The van der Waals surface area contributed by atoms with Crippen molar-refractivity contribution in [2.24, 2.45) is 5.41 Å². The first-order valence-electron chi connectivity index (χ1n) is 14.0. The highest BCUT2D eigenvalue weighted by Gasteiger charge is 2.23. The third-order valence-corrected chi connectivity index (χ3v) is 6.79. The topological polar surface area (TPSA) is 77.0 Å². The van der Waals surface area contributed by atoms with Gasteiger partial charge in [0.25, 0.3) is 0 Å². The zero-order chi connectivity index (χ0) is 29.1. The fourth-order valence-electron chi connectivity index (χ4n) is 4.45. The normalized spacial score (nSPS) is 13.7. The molecule has 0 saturated carbocycles. The standard InChI is InChI=1S/C34H43NO5/c1-7-29(24-12-10-9-11-13-24)32(25-14-18-27(19-15-25)38-22-31(36)30(8-2)35-6)26-16-20-28(21-17-26)39-23-40-33(37)34(3,4)5/h9-21,30-31,35-36H,7-8,22-23H2,1-6H3. The van der Waals surface area contributed by atoms with Crippen molar-refractivity contribution in [2.75, 3.05) is 20.4 Å². The molecule has 0 radical (unpaired) electrons. The lowest BCUT2D eigenvalue weighted by Gasteiger charge is -2.21. The number of nitrogens with one attached hydrogen (secondary N) is 1. The van der Waals surface area contributed by atoms with Crippen LogP contribution in [-0.4, -0.2) is 43.7 Å². The van der Waals surface area contributed by atoms with Crippen LogP contribution in [0.25, 0.3) is 11.1 Å². The van der Waals surface area contributed by atoms with Gasteiger partial charge in [0.2, 0.25) is 6.79 Å². The Morgan fingerprint density at radius 1 is 0.825 bits per heavy atom. The number of benzene rings is 3. The average Bonchev–Trinajstić information content (AvgIpc) is 2.96. The summed E-state index contributed by atoms with van der Waals surface area (Å²) in [5, 5.41) is 13.5. The largest absolute Gasteiger partial charge is 0.491 e. The smallest absolute Gasteiger partial charge is 0.314 e. The molecule has 2 atom stereocenters. The fraction of sp³-hybridized carbons (Fsp3) is 0.382. The van der Waals surface area contributed by atoms with Crippen LogP contribution in [-0.2, 0) is 9.53 Å². The number of aliphatic hydroxyl groups is 1. The van der Waals surface area contributed by atoms with Crippen LogP contribution in [0.1, 0.15) is 64.2 Å². The highest BCUT2D eigenvalue weighted by Crippen LogP contribution is 2.35. The minimum Gasteiger partial charge on any atom is -0.491 e. The fourth-order valence-corrected chi connectivity index (χ4v) is 4.45. The van der Waals surface area contributed by atoms with Gasteiger partial charge in [0.05, 0.1) is 5.41 Å². The van der Waals surface area contributed by atoms with Crippen molar-refractivity contribution >= 4 is 17.1 Å². The molecule has 2 N–H and O–H groups in total. The summed E-state index contributed by atoms with van der Waals surface area (Å²) in [7, 11) is 1.85. The van der Waals surface area contributed by atoms with Gasteiger partial charge in [-0.2, -0.15) is 0 Å². The second-order valence-corrected chi connectivity index (χ2v) is 10.7. The number of hydrogen-bond donors (Lipinski definition) is 2. The van der Waals surface area contributed by atoms with Crippen molar-refractivity contribution in [1.82, 2.24) is 5.32 Å². The van der Waals surface area contributed by atoms with Crippen LogP contribution in [0.15, 0.2) is 78.9 Å². The first kappa shape index (κ1) is 30.9. The highest BCUT2D eigenvalue weighted by atomic mass is 16.7. The minimum atomic E-state index is -0.590. The molecule has 40 heavy (non-hydrogen) atoms. The van der Waals surface area contributed by atoms with Crippen LogP contribution in [0.5, 0.6) is 11.5 Å². The number of rotatable bonds is 13. The summed E-state index contributed by atoms with van der Waals surface area (Å²) in [6.07, 6.45) is 1.07. The molecule has 3 rings (SSSR count). The summed E-state index contributed by atoms with van der Waals surface area (Å²) < 4.78 is 16.8. The molecule has 0 heterocycles. The molecule has 0 saturated heterocycles. The minimum absolute atomic E-state index is 0.00992. The lowest BCUT2D eigenvalue weighted by molar-refractivity contribution is -0.159. The van der Waals surface area contributed by atoms with E-state index >= 15 is 0 Å². The Labute approximate surface area is 239 Å². The number of allylic oxidation sites excluding steroid dienone is 1. The maximum absolute atomic E-state index is 12.0. The second kappa shape index (κ2) is 14.7. The van der Waals surface area contributed by atoms with E-state index in [2.05, 4.69) is 48.6 Å². The SMILES string of the molecule is CCC(=C(c1ccc(OCOC(=O)C(C)(C)C)cc1)c1ccc(OCC(O)C(CC)NC)cc1)c1ccccc1. The van der Waals surface area contributed by atoms with Gasteiger partial charge in [0.15, 0.2) is 0 Å². The van der Waals surface area contributed by atoms with Crippen molar-refractivity contribution < 1.29 is 24.1 Å². The molecule has 0 fully saturated rings. The van der Waals surface area contributed by atoms with Crippen LogP contribution in [0.2, 0.25) is 0 Å². The molecule has 0 bridgehead atoms. The molecule has 214 valence electrons. The van der Waals surface area contributed by atoms with Gasteiger partial charge in [-0.3, -0.25) is 4.79 Å². The van der Waals surface area contributed by atoms with Gasteiger partial charge < -0.3 is 24.6 Å². The van der Waals surface area contributed by atoms with Gasteiger partial charge in [0, 0.05) is 6.04 Å². The molecule has 0 aliphatic heterocycles. The molecule has 0 aliphatic carbocycles. The monoisotopic (exact) mass is 545 g/mol. The number of carbonyl (C=O) groups excluding carboxylic acids is 1. The zero-order valence-corrected chi connectivity index (χ0v) is 24.6. The quantitative estimate of drug-likeness (QED) is 0.141. The maximum Gasteiger partial charge on any atom is 0.314 e. The lowest BCUT2D eigenvalue weighted by Crippen LogP contribution is -2.40. The number of likely N-dealkylation sites (N-methyl/N-ethyl adjacent to an activating group) is 1. The van der Waals surface area contributed by atoms with Crippen LogP contribution < -0.4 is 14.8 Å². The lowest BCUT2D eigenvalue weighted by atomic mass is 9.88. The predicted molar refractivity (Wildman–Crippen MR) is 161 cm³/mol. The van der Waals surface area contributed by atoms with Gasteiger partial charge in [-0.1, -0.05) is 68.4 Å². The molecule has 0 aliphatic rings. The number of ether oxygens (including phenoxy) is 3. The van der Waals surface area contributed by atoms with Crippen LogP contribution in [0.4, 0.5) is 0 Å². The van der Waals surface area contributed by atoms with Crippen molar-refractivity contribution in [3.05, 3.63) is 95.6 Å². The Morgan fingerprint density at radius 2 is 1.38 bits per heavy atom. The van der Waals surface area contributed by atoms with Crippen molar-refractivity contribution in [2.45, 2.75) is 59.6 Å². The van der Waals surface area contributed by atoms with Crippen LogP contribution in [0, 0.1) is 5.41 Å². The highest BCUT2D eigenvalue weighted by molar-refractivity contribution is 5.98. The van der Waals surface area contributed by atoms with E-state index in [9.17, 15) is 9.90 Å². The molecule has 0 aromatic heterocycles. The Kier molecular flexibility index (Phi) is 11.4. The van der Waals surface area contributed by atoms with Crippen molar-refractivity contribution in [3.8, 4) is 11.5 Å². The van der Waals surface area contributed by atoms with Gasteiger partial charge in [-0.15, -0.1) is 0 Å². The summed E-state index contributed by atoms with van der Waals surface area (Å²) in [5.74, 6) is 1.02. The zero-order valence-electron chi connectivity index (χ0n) is 24.6. The van der Waals surface area contributed by atoms with E-state index < -0.39 is 11.5 Å². The number of aliphatic hydroxyl groups excluding tert-OH is 1. The Morgan fingerprint density at radius 3 is 1.85 bits per heavy atom. The van der Waals surface area contributed by atoms with Gasteiger partial charge in [-0.05, 0) is 92.8 Å². The molecule has 0 spiro atoms. The Hall–Kier alpha value is -3.61. The van der Waals surface area contributed by atoms with Crippen LogP contribution >= 0.6 is 0 Å². The summed E-state index contributed by atoms with van der Waals surface area (Å²) in [4.78, 5) is 12.0. The molecule has 3 aromatic rings. The Bertz CT molecular complexity index is 1220. The van der Waals surface area contributed by atoms with E-state index in [0.717, 1.165) is 35.1 Å². The van der Waals surface area contributed by atoms with E-state index in [0.29, 0.717) is 11.5 Å². The average molecular weight is 546 g/mol.